The fourth-order valence-electron chi connectivity index (χ4n) is 4.03. The lowest BCUT2D eigenvalue weighted by Crippen LogP contribution is -2.43. The van der Waals surface area contributed by atoms with Crippen LogP contribution in [0.2, 0.25) is 0 Å². The van der Waals surface area contributed by atoms with Crippen LogP contribution in [-0.2, 0) is 13.0 Å². The number of ether oxygens (including phenoxy) is 1. The van der Waals surface area contributed by atoms with E-state index >= 15 is 0 Å². The van der Waals surface area contributed by atoms with E-state index in [2.05, 4.69) is 72.9 Å². The number of benzene rings is 1. The summed E-state index contributed by atoms with van der Waals surface area (Å²) in [4.78, 5) is 16.5. The lowest BCUT2D eigenvalue weighted by atomic mass is 9.93. The van der Waals surface area contributed by atoms with Crippen LogP contribution in [0, 0.1) is 11.8 Å². The van der Waals surface area contributed by atoms with Gasteiger partial charge >= 0.3 is 0 Å². The molecule has 3 heterocycles. The van der Waals surface area contributed by atoms with Crippen LogP contribution in [0.25, 0.3) is 21.7 Å². The molecule has 31 heavy (non-hydrogen) atoms. The van der Waals surface area contributed by atoms with Gasteiger partial charge in [-0.15, -0.1) is 17.3 Å². The van der Waals surface area contributed by atoms with Crippen LogP contribution in [0.3, 0.4) is 0 Å². The first-order chi connectivity index (χ1) is 14.8. The average molecular weight is 433 g/mol. The number of fused-ring (bicyclic) bond motifs is 3. The Kier molecular flexibility index (Phi) is 5.45. The lowest BCUT2D eigenvalue weighted by Gasteiger charge is -2.32. The van der Waals surface area contributed by atoms with Crippen molar-refractivity contribution in [2.75, 3.05) is 14.2 Å². The molecular weight excluding hydrogens is 404 g/mol. The Morgan fingerprint density at radius 1 is 1.23 bits per heavy atom. The highest BCUT2D eigenvalue weighted by molar-refractivity contribution is 7.13. The van der Waals surface area contributed by atoms with Crippen LogP contribution < -0.4 is 4.74 Å². The predicted molar refractivity (Wildman–Crippen MR) is 128 cm³/mol. The van der Waals surface area contributed by atoms with E-state index < -0.39 is 0 Å². The number of aromatic nitrogens is 1. The van der Waals surface area contributed by atoms with E-state index in [1.54, 1.807) is 18.4 Å². The quantitative estimate of drug-likeness (QED) is 0.498. The molecule has 0 N–H and O–H groups in total. The number of rotatable bonds is 3. The smallest absolute Gasteiger partial charge is 0.270 e. The van der Waals surface area contributed by atoms with Crippen molar-refractivity contribution in [2.24, 2.45) is 0 Å². The van der Waals surface area contributed by atoms with Crippen molar-refractivity contribution in [1.82, 2.24) is 9.47 Å². The zero-order chi connectivity index (χ0) is 22.3. The summed E-state index contributed by atoms with van der Waals surface area (Å²) in [5, 5.41) is 2.08. The number of methoxy groups -OCH3 is 1. The fourth-order valence-corrected chi connectivity index (χ4v) is 4.77. The van der Waals surface area contributed by atoms with E-state index in [1.807, 2.05) is 18.9 Å². The predicted octanol–water partition coefficient (Wildman–Crippen LogP) is 5.69. The summed E-state index contributed by atoms with van der Waals surface area (Å²) in [5.41, 5.74) is 5.90. The van der Waals surface area contributed by atoms with Crippen molar-refractivity contribution >= 4 is 17.2 Å². The molecule has 0 fully saturated rings. The monoisotopic (exact) mass is 432 g/mol. The van der Waals surface area contributed by atoms with Gasteiger partial charge in [0.1, 0.15) is 11.4 Å². The molecule has 1 amide bonds. The van der Waals surface area contributed by atoms with E-state index in [1.165, 1.54) is 5.56 Å². The van der Waals surface area contributed by atoms with Crippen molar-refractivity contribution in [3.05, 3.63) is 52.5 Å². The third-order valence-corrected chi connectivity index (χ3v) is 6.86. The molecule has 0 saturated carbocycles. The Balaban J connectivity index is 1.97. The molecule has 4 nitrogen and oxygen atoms in total. The Hall–Kier alpha value is -2.97. The maximum Gasteiger partial charge on any atom is 0.270 e. The summed E-state index contributed by atoms with van der Waals surface area (Å²) in [6.45, 7) is 8.76. The largest absolute Gasteiger partial charge is 0.495 e. The zero-order valence-electron chi connectivity index (χ0n) is 19.0. The van der Waals surface area contributed by atoms with Gasteiger partial charge in [0.2, 0.25) is 0 Å². The minimum absolute atomic E-state index is 0.0436. The standard InChI is InChI=1S/C26H28N2O2S/c1-7-9-18-14-19-17(15-22(18)30-6)11-12-28-21(25(29)27(5)26(2,3)4)16-20(24(19)28)23-10-8-13-31-23/h8,10,13-16H,11-12H2,1-6H3. The Labute approximate surface area is 188 Å². The number of nitrogens with zero attached hydrogens (tertiary/aromatic N) is 2. The molecule has 0 bridgehead atoms. The van der Waals surface area contributed by atoms with Gasteiger partial charge in [-0.3, -0.25) is 4.79 Å². The minimum Gasteiger partial charge on any atom is -0.495 e. The molecule has 0 spiro atoms. The summed E-state index contributed by atoms with van der Waals surface area (Å²) < 4.78 is 7.79. The highest BCUT2D eigenvalue weighted by Crippen LogP contribution is 2.43. The van der Waals surface area contributed by atoms with Gasteiger partial charge < -0.3 is 14.2 Å². The number of carbonyl (C=O) groups excluding carboxylic acids is 1. The summed E-state index contributed by atoms with van der Waals surface area (Å²) in [5.74, 6) is 7.01. The normalized spacial score (nSPS) is 12.5. The number of aryl methyl sites for hydroxylation is 1. The van der Waals surface area contributed by atoms with Gasteiger partial charge in [0.25, 0.3) is 5.91 Å². The van der Waals surface area contributed by atoms with Crippen molar-refractivity contribution in [3.8, 4) is 39.3 Å². The molecule has 0 radical (unpaired) electrons. The van der Waals surface area contributed by atoms with Crippen LogP contribution in [0.4, 0.5) is 0 Å². The number of amides is 1. The van der Waals surface area contributed by atoms with Crippen molar-refractivity contribution < 1.29 is 9.53 Å². The molecule has 2 aromatic heterocycles. The topological polar surface area (TPSA) is 34.5 Å². The molecule has 1 aromatic carbocycles. The molecule has 1 aliphatic heterocycles. The second kappa shape index (κ2) is 7.94. The molecule has 0 unspecified atom stereocenters. The van der Waals surface area contributed by atoms with Crippen molar-refractivity contribution in [1.29, 1.82) is 0 Å². The number of thiophene rings is 1. The number of hydrogen-bond donors (Lipinski definition) is 0. The first-order valence-electron chi connectivity index (χ1n) is 10.5. The molecule has 1 aliphatic rings. The molecule has 0 atom stereocenters. The van der Waals surface area contributed by atoms with E-state index in [4.69, 9.17) is 4.74 Å². The van der Waals surface area contributed by atoms with Gasteiger partial charge in [0.05, 0.1) is 18.4 Å². The average Bonchev–Trinajstić information content (AvgIpc) is 3.39. The Morgan fingerprint density at radius 3 is 2.61 bits per heavy atom. The summed E-state index contributed by atoms with van der Waals surface area (Å²) >= 11 is 1.69. The SMILES string of the molecule is CC#Cc1cc2c(cc1OC)CCn1c(C(=O)N(C)C(C)(C)C)cc(-c3cccs3)c1-2. The molecular formula is C26H28N2O2S. The molecule has 160 valence electrons. The minimum atomic E-state index is -0.255. The Bertz CT molecular complexity index is 1200. The summed E-state index contributed by atoms with van der Waals surface area (Å²) in [6.07, 6.45) is 0.844. The highest BCUT2D eigenvalue weighted by atomic mass is 32.1. The van der Waals surface area contributed by atoms with Crippen LogP contribution in [0.5, 0.6) is 5.75 Å². The van der Waals surface area contributed by atoms with E-state index in [0.717, 1.165) is 51.7 Å². The first-order valence-corrected chi connectivity index (χ1v) is 11.3. The van der Waals surface area contributed by atoms with Crippen LogP contribution >= 0.6 is 11.3 Å². The van der Waals surface area contributed by atoms with Gasteiger partial charge in [0, 0.05) is 35.1 Å². The maximum atomic E-state index is 13.5. The fraction of sp³-hybridized carbons (Fsp3) is 0.346. The van der Waals surface area contributed by atoms with Crippen LogP contribution in [-0.4, -0.2) is 35.1 Å². The third-order valence-electron chi connectivity index (χ3n) is 5.96. The van der Waals surface area contributed by atoms with Crippen LogP contribution in [0.1, 0.15) is 49.3 Å². The third kappa shape index (κ3) is 3.66. The van der Waals surface area contributed by atoms with Gasteiger partial charge in [-0.05, 0) is 69.3 Å². The first kappa shape index (κ1) is 21.3. The van der Waals surface area contributed by atoms with Crippen molar-refractivity contribution in [3.63, 3.8) is 0 Å². The molecule has 4 rings (SSSR count). The second-order valence-corrected chi connectivity index (χ2v) is 9.74. The van der Waals surface area contributed by atoms with E-state index in [0.29, 0.717) is 0 Å². The summed E-state index contributed by atoms with van der Waals surface area (Å²) in [7, 11) is 3.56. The summed E-state index contributed by atoms with van der Waals surface area (Å²) in [6, 6.07) is 10.5. The van der Waals surface area contributed by atoms with E-state index in [-0.39, 0.29) is 11.4 Å². The maximum absolute atomic E-state index is 13.5. The second-order valence-electron chi connectivity index (χ2n) is 8.79. The van der Waals surface area contributed by atoms with Gasteiger partial charge in [0.15, 0.2) is 0 Å². The van der Waals surface area contributed by atoms with Gasteiger partial charge in [-0.25, -0.2) is 0 Å². The lowest BCUT2D eigenvalue weighted by molar-refractivity contribution is 0.0644. The van der Waals surface area contributed by atoms with Crippen molar-refractivity contribution in [2.45, 2.75) is 46.2 Å². The zero-order valence-corrected chi connectivity index (χ0v) is 19.8. The highest BCUT2D eigenvalue weighted by Gasteiger charge is 2.31. The van der Waals surface area contributed by atoms with Gasteiger partial charge in [-0.2, -0.15) is 0 Å². The van der Waals surface area contributed by atoms with Gasteiger partial charge in [-0.1, -0.05) is 12.0 Å². The molecule has 5 heteroatoms. The molecule has 0 aliphatic carbocycles. The number of carbonyl (C=O) groups is 1. The molecule has 3 aromatic rings. The Morgan fingerprint density at radius 2 is 2.00 bits per heavy atom. The molecule has 0 saturated heterocycles. The van der Waals surface area contributed by atoms with Crippen LogP contribution in [0.15, 0.2) is 35.7 Å². The number of hydrogen-bond acceptors (Lipinski definition) is 3. The van der Waals surface area contributed by atoms with E-state index in [9.17, 15) is 4.79 Å².